The number of rotatable bonds is 31. The third-order valence-electron chi connectivity index (χ3n) is 11.9. The van der Waals surface area contributed by atoms with Crippen LogP contribution in [0.2, 0.25) is 0 Å². The summed E-state index contributed by atoms with van der Waals surface area (Å²) in [5.41, 5.74) is 12.6. The average Bonchev–Trinajstić information content (AvgIpc) is 3.79. The first-order valence-electron chi connectivity index (χ1n) is 24.6. The molecule has 13 N–H and O–H groups in total. The third-order valence-corrected chi connectivity index (χ3v) is 12.5. The number of nitrogens with two attached hydrogens (primary N) is 2. The number of carboxylic acid groups (broad SMARTS) is 2. The van der Waals surface area contributed by atoms with Gasteiger partial charge in [0.05, 0.1) is 18.9 Å². The van der Waals surface area contributed by atoms with Crippen molar-refractivity contribution in [3.05, 3.63) is 35.9 Å². The molecule has 1 aromatic carbocycles. The van der Waals surface area contributed by atoms with Gasteiger partial charge in [-0.3, -0.25) is 47.9 Å². The highest BCUT2D eigenvalue weighted by Crippen LogP contribution is 2.20. The number of likely N-dealkylation sites (tertiary alicyclic amines) is 1. The lowest BCUT2D eigenvalue weighted by molar-refractivity contribution is -0.144. The zero-order chi connectivity index (χ0) is 55.3. The van der Waals surface area contributed by atoms with E-state index in [1.165, 1.54) is 16.7 Å². The van der Waals surface area contributed by atoms with Gasteiger partial charge in [-0.15, -0.1) is 0 Å². The first-order chi connectivity index (χ1) is 34.2. The van der Waals surface area contributed by atoms with Gasteiger partial charge < -0.3 is 63.8 Å². The second-order valence-corrected chi connectivity index (χ2v) is 20.9. The Hall–Kier alpha value is -6.30. The van der Waals surface area contributed by atoms with Gasteiger partial charge in [0, 0.05) is 6.54 Å². The van der Waals surface area contributed by atoms with E-state index in [2.05, 4.69) is 37.2 Å². The van der Waals surface area contributed by atoms with Crippen molar-refractivity contribution in [2.24, 2.45) is 35.1 Å². The van der Waals surface area contributed by atoms with Gasteiger partial charge in [0.2, 0.25) is 53.2 Å². The molecule has 0 aromatic heterocycles. The van der Waals surface area contributed by atoms with Gasteiger partial charge in [-0.25, -0.2) is 4.79 Å². The average molecular weight is 1050 g/mol. The van der Waals surface area contributed by atoms with Crippen LogP contribution in [0.1, 0.15) is 106 Å². The van der Waals surface area contributed by atoms with Crippen LogP contribution in [-0.4, -0.2) is 153 Å². The van der Waals surface area contributed by atoms with Crippen molar-refractivity contribution in [3.63, 3.8) is 0 Å². The quantitative estimate of drug-likeness (QED) is 0.0448. The molecule has 24 heteroatoms. The Bertz CT molecular complexity index is 2090. The molecule has 9 atom stereocenters. The number of hydrogen-bond acceptors (Lipinski definition) is 13. The summed E-state index contributed by atoms with van der Waals surface area (Å²) in [6.07, 6.45) is 1.12. The van der Waals surface area contributed by atoms with Gasteiger partial charge in [0.25, 0.3) is 0 Å². The fourth-order valence-electron chi connectivity index (χ4n) is 8.08. The van der Waals surface area contributed by atoms with Gasteiger partial charge >= 0.3 is 11.9 Å². The molecule has 73 heavy (non-hydrogen) atoms. The molecule has 0 unspecified atom stereocenters. The van der Waals surface area contributed by atoms with Crippen molar-refractivity contribution < 1.29 is 63.0 Å². The molecule has 1 aliphatic rings. The van der Waals surface area contributed by atoms with E-state index in [-0.39, 0.29) is 50.5 Å². The summed E-state index contributed by atoms with van der Waals surface area (Å²) >= 11 is 1.34. The van der Waals surface area contributed by atoms with Crippen molar-refractivity contribution in [1.29, 1.82) is 0 Å². The molecule has 0 radical (unpaired) electrons. The summed E-state index contributed by atoms with van der Waals surface area (Å²) in [5.74, 6) is -11.7. The fourth-order valence-corrected chi connectivity index (χ4v) is 8.55. The highest BCUT2D eigenvalue weighted by atomic mass is 32.2. The van der Waals surface area contributed by atoms with E-state index in [0.29, 0.717) is 12.2 Å². The van der Waals surface area contributed by atoms with Crippen LogP contribution in [0.4, 0.5) is 0 Å². The molecule has 0 saturated carbocycles. The number of aliphatic carboxylic acids is 2. The second-order valence-electron chi connectivity index (χ2n) is 19.9. The normalized spacial score (nSPS) is 16.7. The lowest BCUT2D eigenvalue weighted by Crippen LogP contribution is -2.61. The first-order valence-corrected chi connectivity index (χ1v) is 26.0. The van der Waals surface area contributed by atoms with Crippen LogP contribution in [0.25, 0.3) is 0 Å². The summed E-state index contributed by atoms with van der Waals surface area (Å²) in [6, 6.07) is -2.92. The lowest BCUT2D eigenvalue weighted by Gasteiger charge is -2.30. The molecule has 0 spiro atoms. The van der Waals surface area contributed by atoms with Crippen LogP contribution in [0, 0.1) is 23.7 Å². The minimum Gasteiger partial charge on any atom is -0.481 e. The molecule has 2 rings (SSSR count). The van der Waals surface area contributed by atoms with Gasteiger partial charge in [-0.1, -0.05) is 85.7 Å². The zero-order valence-corrected chi connectivity index (χ0v) is 44.2. The molecule has 9 amide bonds. The maximum Gasteiger partial charge on any atom is 0.326 e. The van der Waals surface area contributed by atoms with E-state index in [9.17, 15) is 63.0 Å². The highest BCUT2D eigenvalue weighted by Gasteiger charge is 2.40. The zero-order valence-electron chi connectivity index (χ0n) is 43.4. The minimum atomic E-state index is -1.70. The highest BCUT2D eigenvalue weighted by molar-refractivity contribution is 7.98. The monoisotopic (exact) mass is 1050 g/mol. The standard InChI is InChI=1S/C49H78N10O13S/c1-25(2)20-32(54-43(65)35(24-38(61)62)55-46(68)36-16-13-18-59(36)48(70)30(50)22-29-14-11-10-12-15-29)44(66)57-39(27(5)6)47(69)56-34(23-37(51)60)42(64)52-31(17-19-73-9)41(63)53-33(21-26(3)4)45(67)58-40(28(7)8)49(71)72/h10-12,14-15,25-28,30-36,39-40H,13,16-24,50H2,1-9H3,(H2,51,60)(H,52,64)(H,53,63)(H,54,65)(H,55,68)(H,56,69)(H,57,66)(H,58,67)(H,61,62)(H,71,72)/t30-,31-,32-,33-,34-,35-,36-,39-,40-/m0/s1. The van der Waals surface area contributed by atoms with Crippen LogP contribution in [0.3, 0.4) is 0 Å². The molecule has 0 bridgehead atoms. The predicted molar refractivity (Wildman–Crippen MR) is 272 cm³/mol. The first kappa shape index (κ1) is 62.8. The maximum atomic E-state index is 14.0. The maximum absolute atomic E-state index is 14.0. The van der Waals surface area contributed by atoms with Gasteiger partial charge in [-0.2, -0.15) is 11.8 Å². The summed E-state index contributed by atoms with van der Waals surface area (Å²) in [5, 5.41) is 37.0. The molecule has 1 aliphatic heterocycles. The van der Waals surface area contributed by atoms with Crippen molar-refractivity contribution in [1.82, 2.24) is 42.1 Å². The van der Waals surface area contributed by atoms with Gasteiger partial charge in [0.1, 0.15) is 48.3 Å². The SMILES string of the molecule is CSCC[C@H](NC(=O)[C@H](CC(N)=O)NC(=O)[C@@H](NC(=O)[C@H](CC(C)C)NC(=O)[C@H](CC(=O)O)NC(=O)[C@@H]1CCCN1C(=O)[C@@H](N)Cc1ccccc1)C(C)C)C(=O)N[C@@H](CC(C)C)C(=O)N[C@H](C(=O)O)C(C)C. The van der Waals surface area contributed by atoms with E-state index in [1.807, 2.05) is 18.2 Å². The molecule has 408 valence electrons. The van der Waals surface area contributed by atoms with E-state index in [0.717, 1.165) is 5.56 Å². The van der Waals surface area contributed by atoms with Crippen molar-refractivity contribution in [3.8, 4) is 0 Å². The molecule has 1 fully saturated rings. The van der Waals surface area contributed by atoms with Crippen molar-refractivity contribution in [2.75, 3.05) is 18.6 Å². The Morgan fingerprint density at radius 1 is 0.630 bits per heavy atom. The Morgan fingerprint density at radius 3 is 1.56 bits per heavy atom. The Labute approximate surface area is 431 Å². The third kappa shape index (κ3) is 21.4. The summed E-state index contributed by atoms with van der Waals surface area (Å²) < 4.78 is 0. The smallest absolute Gasteiger partial charge is 0.326 e. The number of thioether (sulfide) groups is 1. The van der Waals surface area contributed by atoms with Crippen molar-refractivity contribution >= 4 is 76.9 Å². The summed E-state index contributed by atoms with van der Waals surface area (Å²) in [7, 11) is 0. The fraction of sp³-hybridized carbons (Fsp3) is 0.653. The molecule has 0 aliphatic carbocycles. The van der Waals surface area contributed by atoms with Crippen LogP contribution in [0.5, 0.6) is 0 Å². The summed E-state index contributed by atoms with van der Waals surface area (Å²) in [4.78, 5) is 148. The number of carbonyl (C=O) groups excluding carboxylic acids is 9. The van der Waals surface area contributed by atoms with Crippen LogP contribution < -0.4 is 48.7 Å². The van der Waals surface area contributed by atoms with E-state index >= 15 is 0 Å². The molecular weight excluding hydrogens is 969 g/mol. The topological polar surface area (TPSA) is 368 Å². The van der Waals surface area contributed by atoms with E-state index < -0.39 is 144 Å². The second kappa shape index (κ2) is 30.7. The number of hydrogen-bond donors (Lipinski definition) is 11. The van der Waals surface area contributed by atoms with Gasteiger partial charge in [0.15, 0.2) is 0 Å². The number of carboxylic acids is 2. The molecule has 1 saturated heterocycles. The number of benzene rings is 1. The van der Waals surface area contributed by atoms with E-state index in [4.69, 9.17) is 11.5 Å². The number of nitrogens with one attached hydrogen (secondary N) is 7. The number of amides is 9. The number of primary amides is 1. The lowest BCUT2D eigenvalue weighted by atomic mass is 9.99. The van der Waals surface area contributed by atoms with Crippen molar-refractivity contribution in [2.45, 2.75) is 161 Å². The minimum absolute atomic E-state index is 0.0221. The molecular formula is C49H78N10O13S. The number of nitrogens with zero attached hydrogens (tertiary/aromatic N) is 1. The molecule has 23 nitrogen and oxygen atoms in total. The Morgan fingerprint density at radius 2 is 1.10 bits per heavy atom. The molecule has 1 heterocycles. The van der Waals surface area contributed by atoms with Crippen LogP contribution in [-0.2, 0) is 59.2 Å². The van der Waals surface area contributed by atoms with Crippen LogP contribution >= 0.6 is 11.8 Å². The predicted octanol–water partition coefficient (Wildman–Crippen LogP) is -0.467. The largest absolute Gasteiger partial charge is 0.481 e. The number of carbonyl (C=O) groups is 11. The van der Waals surface area contributed by atoms with Crippen LogP contribution in [0.15, 0.2) is 30.3 Å². The summed E-state index contributed by atoms with van der Waals surface area (Å²) in [6.45, 7) is 13.6. The Balaban J connectivity index is 2.31. The Kier molecular flexibility index (Phi) is 26.4. The van der Waals surface area contributed by atoms with E-state index in [1.54, 1.807) is 73.8 Å². The molecule has 1 aromatic rings. The van der Waals surface area contributed by atoms with Gasteiger partial charge in [-0.05, 0) is 79.8 Å².